The summed E-state index contributed by atoms with van der Waals surface area (Å²) in [4.78, 5) is 23.3. The Balaban J connectivity index is 1.51. The summed E-state index contributed by atoms with van der Waals surface area (Å²) in [6.45, 7) is 1.89. The first-order chi connectivity index (χ1) is 14.5. The molecule has 0 aliphatic carbocycles. The summed E-state index contributed by atoms with van der Waals surface area (Å²) in [5, 5.41) is 6.62. The fourth-order valence-corrected chi connectivity index (χ4v) is 2.83. The van der Waals surface area contributed by atoms with E-state index in [0.29, 0.717) is 17.9 Å². The smallest absolute Gasteiger partial charge is 0.271 e. The number of rotatable bonds is 7. The van der Waals surface area contributed by atoms with E-state index in [9.17, 15) is 9.59 Å². The van der Waals surface area contributed by atoms with Gasteiger partial charge in [0.2, 0.25) is 5.91 Å². The predicted molar refractivity (Wildman–Crippen MR) is 121 cm³/mol. The molecule has 2 amide bonds. The second-order valence-corrected chi connectivity index (χ2v) is 7.36. The largest absolute Gasteiger partial charge is 0.489 e. The maximum atomic E-state index is 12.2. The van der Waals surface area contributed by atoms with Gasteiger partial charge in [0.15, 0.2) is 0 Å². The number of ether oxygens (including phenoxy) is 1. The number of nitrogens with zero attached hydrogens (tertiary/aromatic N) is 1. The van der Waals surface area contributed by atoms with E-state index in [0.717, 1.165) is 21.3 Å². The lowest BCUT2D eigenvalue weighted by Crippen LogP contribution is -2.18. The van der Waals surface area contributed by atoms with Gasteiger partial charge in [-0.05, 0) is 65.7 Å². The fraction of sp³-hybridized carbons (Fsp3) is 0.0870. The fourth-order valence-electron chi connectivity index (χ4n) is 2.57. The molecule has 152 valence electrons. The van der Waals surface area contributed by atoms with Crippen molar-refractivity contribution in [2.75, 3.05) is 5.32 Å². The number of benzene rings is 3. The summed E-state index contributed by atoms with van der Waals surface area (Å²) < 4.78 is 6.80. The molecule has 7 heteroatoms. The second-order valence-electron chi connectivity index (χ2n) is 6.45. The summed E-state index contributed by atoms with van der Waals surface area (Å²) in [6, 6.07) is 22.0. The van der Waals surface area contributed by atoms with Crippen molar-refractivity contribution in [3.8, 4) is 5.75 Å². The molecule has 0 saturated carbocycles. The Morgan fingerprint density at radius 1 is 1.03 bits per heavy atom. The van der Waals surface area contributed by atoms with E-state index in [-0.39, 0.29) is 11.8 Å². The number of anilines is 1. The van der Waals surface area contributed by atoms with Gasteiger partial charge in [0.05, 0.1) is 6.21 Å². The van der Waals surface area contributed by atoms with Gasteiger partial charge in [-0.3, -0.25) is 9.59 Å². The molecule has 0 bridgehead atoms. The van der Waals surface area contributed by atoms with Crippen molar-refractivity contribution in [2.24, 2.45) is 5.10 Å². The molecule has 0 aliphatic heterocycles. The highest BCUT2D eigenvalue weighted by Crippen LogP contribution is 2.15. The number of amides is 2. The van der Waals surface area contributed by atoms with Gasteiger partial charge in [-0.25, -0.2) is 5.43 Å². The number of halogens is 1. The SMILES string of the molecule is CC(=O)Nc1cccc(C(=O)NN=Cc2ccc(OCc3ccc(Br)cc3)cc2)c1. The first kappa shape index (κ1) is 21.3. The van der Waals surface area contributed by atoms with Crippen molar-refractivity contribution in [1.82, 2.24) is 5.43 Å². The number of hydrogen-bond acceptors (Lipinski definition) is 4. The van der Waals surface area contributed by atoms with Gasteiger partial charge in [-0.1, -0.05) is 34.1 Å². The van der Waals surface area contributed by atoms with Gasteiger partial charge in [0.25, 0.3) is 5.91 Å². The van der Waals surface area contributed by atoms with E-state index in [4.69, 9.17) is 4.74 Å². The zero-order valence-corrected chi connectivity index (χ0v) is 17.8. The number of hydrazone groups is 1. The van der Waals surface area contributed by atoms with Crippen molar-refractivity contribution in [1.29, 1.82) is 0 Å². The maximum Gasteiger partial charge on any atom is 0.271 e. The Labute approximate surface area is 183 Å². The molecule has 0 atom stereocenters. The first-order valence-corrected chi connectivity index (χ1v) is 9.97. The second kappa shape index (κ2) is 10.4. The summed E-state index contributed by atoms with van der Waals surface area (Å²) in [5.41, 5.74) is 5.32. The van der Waals surface area contributed by atoms with E-state index in [1.165, 1.54) is 6.92 Å². The average Bonchev–Trinajstić information content (AvgIpc) is 2.74. The van der Waals surface area contributed by atoms with Crippen LogP contribution in [-0.2, 0) is 11.4 Å². The van der Waals surface area contributed by atoms with E-state index in [2.05, 4.69) is 31.8 Å². The summed E-state index contributed by atoms with van der Waals surface area (Å²) in [5.74, 6) is 0.177. The van der Waals surface area contributed by atoms with Crippen LogP contribution in [0.3, 0.4) is 0 Å². The van der Waals surface area contributed by atoms with Crippen LogP contribution in [0, 0.1) is 0 Å². The van der Waals surface area contributed by atoms with Crippen molar-refractivity contribution >= 4 is 39.6 Å². The molecule has 2 N–H and O–H groups in total. The van der Waals surface area contributed by atoms with Gasteiger partial charge < -0.3 is 10.1 Å². The number of carbonyl (C=O) groups is 2. The maximum absolute atomic E-state index is 12.2. The summed E-state index contributed by atoms with van der Waals surface area (Å²) >= 11 is 3.41. The molecule has 0 saturated heterocycles. The Kier molecular flexibility index (Phi) is 7.34. The minimum absolute atomic E-state index is 0.199. The summed E-state index contributed by atoms with van der Waals surface area (Å²) in [7, 11) is 0. The van der Waals surface area contributed by atoms with E-state index in [1.807, 2.05) is 48.5 Å². The molecular formula is C23H20BrN3O3. The van der Waals surface area contributed by atoms with Crippen LogP contribution in [0.25, 0.3) is 0 Å². The van der Waals surface area contributed by atoms with Gasteiger partial charge in [-0.2, -0.15) is 5.10 Å². The summed E-state index contributed by atoms with van der Waals surface area (Å²) in [6.07, 6.45) is 1.55. The molecule has 3 aromatic rings. The van der Waals surface area contributed by atoms with Gasteiger partial charge in [-0.15, -0.1) is 0 Å². The molecule has 0 unspecified atom stereocenters. The topological polar surface area (TPSA) is 79.8 Å². The monoisotopic (exact) mass is 465 g/mol. The molecule has 3 rings (SSSR count). The van der Waals surface area contributed by atoms with Crippen LogP contribution in [0.5, 0.6) is 5.75 Å². The lowest BCUT2D eigenvalue weighted by atomic mass is 10.2. The third-order valence-corrected chi connectivity index (χ3v) is 4.55. The van der Waals surface area contributed by atoms with Crippen LogP contribution < -0.4 is 15.5 Å². The molecule has 0 heterocycles. The Hall–Kier alpha value is -3.45. The average molecular weight is 466 g/mol. The minimum atomic E-state index is -0.368. The third kappa shape index (κ3) is 6.56. The van der Waals surface area contributed by atoms with Crippen LogP contribution >= 0.6 is 15.9 Å². The number of hydrogen-bond donors (Lipinski definition) is 2. The normalized spacial score (nSPS) is 10.6. The van der Waals surface area contributed by atoms with Gasteiger partial charge in [0.1, 0.15) is 12.4 Å². The molecular weight excluding hydrogens is 446 g/mol. The van der Waals surface area contributed by atoms with Crippen molar-refractivity contribution < 1.29 is 14.3 Å². The molecule has 0 radical (unpaired) electrons. The molecule has 0 spiro atoms. The highest BCUT2D eigenvalue weighted by atomic mass is 79.9. The lowest BCUT2D eigenvalue weighted by Gasteiger charge is -2.07. The van der Waals surface area contributed by atoms with Crippen LogP contribution in [0.2, 0.25) is 0 Å². The van der Waals surface area contributed by atoms with Crippen LogP contribution in [0.15, 0.2) is 82.4 Å². The molecule has 30 heavy (non-hydrogen) atoms. The highest BCUT2D eigenvalue weighted by Gasteiger charge is 2.05. The van der Waals surface area contributed by atoms with Gasteiger partial charge in [0, 0.05) is 22.6 Å². The van der Waals surface area contributed by atoms with Crippen LogP contribution in [0.1, 0.15) is 28.4 Å². The zero-order chi connectivity index (χ0) is 21.3. The molecule has 0 aromatic heterocycles. The van der Waals surface area contributed by atoms with Crippen molar-refractivity contribution in [3.05, 3.63) is 94.0 Å². The van der Waals surface area contributed by atoms with E-state index in [1.54, 1.807) is 30.5 Å². The quantitative estimate of drug-likeness (QED) is 0.390. The molecule has 6 nitrogen and oxygen atoms in total. The van der Waals surface area contributed by atoms with E-state index < -0.39 is 0 Å². The third-order valence-electron chi connectivity index (χ3n) is 4.02. The first-order valence-electron chi connectivity index (χ1n) is 9.18. The Morgan fingerprint density at radius 3 is 2.47 bits per heavy atom. The lowest BCUT2D eigenvalue weighted by molar-refractivity contribution is -0.114. The molecule has 0 aliphatic rings. The molecule has 3 aromatic carbocycles. The van der Waals surface area contributed by atoms with Crippen LogP contribution in [-0.4, -0.2) is 18.0 Å². The van der Waals surface area contributed by atoms with Crippen molar-refractivity contribution in [3.63, 3.8) is 0 Å². The van der Waals surface area contributed by atoms with Crippen LogP contribution in [0.4, 0.5) is 5.69 Å². The minimum Gasteiger partial charge on any atom is -0.489 e. The Morgan fingerprint density at radius 2 is 1.77 bits per heavy atom. The zero-order valence-electron chi connectivity index (χ0n) is 16.3. The van der Waals surface area contributed by atoms with Crippen molar-refractivity contribution in [2.45, 2.75) is 13.5 Å². The Bertz CT molecular complexity index is 1050. The highest BCUT2D eigenvalue weighted by molar-refractivity contribution is 9.10. The number of carbonyl (C=O) groups excluding carboxylic acids is 2. The molecule has 0 fully saturated rings. The van der Waals surface area contributed by atoms with Gasteiger partial charge >= 0.3 is 0 Å². The number of nitrogens with one attached hydrogen (secondary N) is 2. The predicted octanol–water partition coefficient (Wildman–Crippen LogP) is 4.75. The standard InChI is InChI=1S/C23H20BrN3O3/c1-16(28)26-21-4-2-3-19(13-21)23(29)27-25-14-17-7-11-22(12-8-17)30-15-18-5-9-20(24)10-6-18/h2-14H,15H2,1H3,(H,26,28)(H,27,29). The van der Waals surface area contributed by atoms with E-state index >= 15 is 0 Å².